The lowest BCUT2D eigenvalue weighted by Gasteiger charge is -2.11. The molecule has 2 heterocycles. The van der Waals surface area contributed by atoms with Gasteiger partial charge in [-0.15, -0.1) is 15.0 Å². The maximum atomic E-state index is 13.0. The molecule has 12 heteroatoms. The van der Waals surface area contributed by atoms with Gasteiger partial charge in [0.05, 0.1) is 12.8 Å². The Hall–Kier alpha value is -3.83. The van der Waals surface area contributed by atoms with E-state index in [4.69, 9.17) is 9.47 Å². The van der Waals surface area contributed by atoms with Gasteiger partial charge in [-0.05, 0) is 26.0 Å². The van der Waals surface area contributed by atoms with Crippen LogP contribution in [0.1, 0.15) is 31.5 Å². The van der Waals surface area contributed by atoms with Crippen LogP contribution in [0.25, 0.3) is 22.6 Å². The first-order chi connectivity index (χ1) is 15.2. The van der Waals surface area contributed by atoms with Crippen molar-refractivity contribution in [3.63, 3.8) is 0 Å². The third kappa shape index (κ3) is 5.25. The SMILES string of the molecule is CCOC(=O)OC(C)n1nc(/C=N/C)c(-c2cccc(-c3nccc(C(F)(F)F)n3)c2)n1. The van der Waals surface area contributed by atoms with E-state index in [1.807, 2.05) is 0 Å². The van der Waals surface area contributed by atoms with Crippen molar-refractivity contribution in [1.29, 1.82) is 0 Å². The van der Waals surface area contributed by atoms with Gasteiger partial charge in [-0.1, -0.05) is 18.2 Å². The zero-order valence-electron chi connectivity index (χ0n) is 17.4. The first kappa shape index (κ1) is 22.8. The second-order valence-corrected chi connectivity index (χ2v) is 6.39. The number of alkyl halides is 3. The molecule has 0 radical (unpaired) electrons. The number of aliphatic imine (C=N–C) groups is 1. The number of rotatable bonds is 6. The lowest BCUT2D eigenvalue weighted by atomic mass is 10.1. The minimum Gasteiger partial charge on any atom is -0.435 e. The Morgan fingerprint density at radius 2 is 2.00 bits per heavy atom. The number of carbonyl (C=O) groups excluding carboxylic acids is 1. The quantitative estimate of drug-likeness (QED) is 0.412. The summed E-state index contributed by atoms with van der Waals surface area (Å²) in [4.78, 5) is 24.3. The van der Waals surface area contributed by atoms with E-state index in [1.165, 1.54) is 11.0 Å². The standard InChI is InChI=1S/C20H19F3N6O3/c1-4-31-19(30)32-12(2)29-27-15(11-24-3)17(28-29)13-6-5-7-14(10-13)18-25-9-8-16(26-18)20(21,22)23/h5-12H,4H2,1-3H3/b24-11+. The average molecular weight is 448 g/mol. The zero-order chi connectivity index (χ0) is 23.3. The van der Waals surface area contributed by atoms with Crippen LogP contribution in [0.3, 0.4) is 0 Å². The molecule has 0 fully saturated rings. The summed E-state index contributed by atoms with van der Waals surface area (Å²) in [5.41, 5.74) is 0.603. The number of nitrogens with zero attached hydrogens (tertiary/aromatic N) is 6. The summed E-state index contributed by atoms with van der Waals surface area (Å²) in [5, 5.41) is 8.65. The molecule has 0 bridgehead atoms. The highest BCUT2D eigenvalue weighted by Gasteiger charge is 2.32. The van der Waals surface area contributed by atoms with Crippen molar-refractivity contribution in [3.05, 3.63) is 47.9 Å². The van der Waals surface area contributed by atoms with Gasteiger partial charge in [0.2, 0.25) is 6.23 Å². The summed E-state index contributed by atoms with van der Waals surface area (Å²) in [7, 11) is 1.55. The lowest BCUT2D eigenvalue weighted by molar-refractivity contribution is -0.141. The number of ether oxygens (including phenoxy) is 2. The Labute approximate surface area is 180 Å². The molecule has 0 N–H and O–H groups in total. The van der Waals surface area contributed by atoms with Crippen LogP contribution in [-0.4, -0.2) is 51.0 Å². The van der Waals surface area contributed by atoms with E-state index in [-0.39, 0.29) is 12.4 Å². The van der Waals surface area contributed by atoms with Gasteiger partial charge in [0, 0.05) is 24.4 Å². The fraction of sp³-hybridized carbons (Fsp3) is 0.300. The van der Waals surface area contributed by atoms with E-state index < -0.39 is 24.3 Å². The maximum absolute atomic E-state index is 13.0. The van der Waals surface area contributed by atoms with Crippen LogP contribution in [-0.2, 0) is 15.7 Å². The molecule has 0 saturated heterocycles. The third-order valence-electron chi connectivity index (χ3n) is 4.10. The van der Waals surface area contributed by atoms with Crippen LogP contribution in [0.15, 0.2) is 41.5 Å². The van der Waals surface area contributed by atoms with E-state index >= 15 is 0 Å². The monoisotopic (exact) mass is 448 g/mol. The Bertz CT molecular complexity index is 1130. The summed E-state index contributed by atoms with van der Waals surface area (Å²) < 4.78 is 48.9. The number of hydrogen-bond acceptors (Lipinski definition) is 8. The maximum Gasteiger partial charge on any atom is 0.510 e. The highest BCUT2D eigenvalue weighted by atomic mass is 19.4. The van der Waals surface area contributed by atoms with Gasteiger partial charge in [-0.25, -0.2) is 14.8 Å². The van der Waals surface area contributed by atoms with Gasteiger partial charge in [0.1, 0.15) is 17.1 Å². The van der Waals surface area contributed by atoms with Crippen LogP contribution in [0.2, 0.25) is 0 Å². The number of carbonyl (C=O) groups is 1. The summed E-state index contributed by atoms with van der Waals surface area (Å²) in [6.45, 7) is 3.36. The van der Waals surface area contributed by atoms with Crippen molar-refractivity contribution in [2.24, 2.45) is 4.99 Å². The highest BCUT2D eigenvalue weighted by Crippen LogP contribution is 2.30. The molecule has 1 atom stereocenters. The van der Waals surface area contributed by atoms with Gasteiger partial charge in [0.25, 0.3) is 0 Å². The van der Waals surface area contributed by atoms with E-state index in [9.17, 15) is 18.0 Å². The van der Waals surface area contributed by atoms with Gasteiger partial charge >= 0.3 is 12.3 Å². The second-order valence-electron chi connectivity index (χ2n) is 6.39. The second kappa shape index (κ2) is 9.54. The number of aromatic nitrogens is 5. The molecule has 0 saturated carbocycles. The van der Waals surface area contributed by atoms with E-state index in [0.29, 0.717) is 22.5 Å². The molecule has 1 aromatic carbocycles. The molecule has 2 aromatic heterocycles. The summed E-state index contributed by atoms with van der Waals surface area (Å²) >= 11 is 0. The average Bonchev–Trinajstić information content (AvgIpc) is 3.18. The molecule has 168 valence electrons. The fourth-order valence-corrected chi connectivity index (χ4v) is 2.71. The molecule has 0 aliphatic heterocycles. The third-order valence-corrected chi connectivity index (χ3v) is 4.10. The van der Waals surface area contributed by atoms with Crippen molar-refractivity contribution in [2.75, 3.05) is 13.7 Å². The molecular formula is C20H19F3N6O3. The van der Waals surface area contributed by atoms with Crippen LogP contribution in [0, 0.1) is 0 Å². The number of hydrogen-bond donors (Lipinski definition) is 0. The summed E-state index contributed by atoms with van der Waals surface area (Å²) in [5.74, 6) is -0.0845. The molecule has 0 aliphatic rings. The molecule has 1 unspecified atom stereocenters. The normalized spacial score (nSPS) is 12.7. The van der Waals surface area contributed by atoms with Crippen LogP contribution in [0.4, 0.5) is 18.0 Å². The van der Waals surface area contributed by atoms with E-state index in [1.54, 1.807) is 45.2 Å². The molecule has 3 rings (SSSR count). The Balaban J connectivity index is 1.98. The fourth-order valence-electron chi connectivity index (χ4n) is 2.71. The zero-order valence-corrected chi connectivity index (χ0v) is 17.4. The van der Waals surface area contributed by atoms with Crippen molar-refractivity contribution in [1.82, 2.24) is 25.0 Å². The van der Waals surface area contributed by atoms with Gasteiger partial charge in [0.15, 0.2) is 5.82 Å². The predicted octanol–water partition coefficient (Wildman–Crippen LogP) is 4.16. The smallest absolute Gasteiger partial charge is 0.435 e. The highest BCUT2D eigenvalue weighted by molar-refractivity contribution is 5.86. The van der Waals surface area contributed by atoms with E-state index in [2.05, 4.69) is 25.2 Å². The molecule has 9 nitrogen and oxygen atoms in total. The van der Waals surface area contributed by atoms with Crippen LogP contribution in [0.5, 0.6) is 0 Å². The molecule has 0 aliphatic carbocycles. The van der Waals surface area contributed by atoms with Gasteiger partial charge < -0.3 is 9.47 Å². The van der Waals surface area contributed by atoms with Crippen LogP contribution < -0.4 is 0 Å². The molecule has 0 spiro atoms. The molecule has 0 amide bonds. The van der Waals surface area contributed by atoms with Gasteiger partial charge in [-0.2, -0.15) is 13.2 Å². The lowest BCUT2D eigenvalue weighted by Crippen LogP contribution is -2.18. The predicted molar refractivity (Wildman–Crippen MR) is 108 cm³/mol. The Morgan fingerprint density at radius 3 is 2.69 bits per heavy atom. The van der Waals surface area contributed by atoms with Crippen molar-refractivity contribution < 1.29 is 27.4 Å². The number of halogens is 3. The molecule has 3 aromatic rings. The van der Waals surface area contributed by atoms with Gasteiger partial charge in [-0.3, -0.25) is 4.99 Å². The first-order valence-corrected chi connectivity index (χ1v) is 9.46. The van der Waals surface area contributed by atoms with Crippen LogP contribution >= 0.6 is 0 Å². The molecule has 32 heavy (non-hydrogen) atoms. The summed E-state index contributed by atoms with van der Waals surface area (Å²) in [6, 6.07) is 7.32. The largest absolute Gasteiger partial charge is 0.510 e. The summed E-state index contributed by atoms with van der Waals surface area (Å²) in [6.07, 6.45) is -3.81. The first-order valence-electron chi connectivity index (χ1n) is 9.46. The minimum atomic E-state index is -4.59. The van der Waals surface area contributed by atoms with Crippen molar-refractivity contribution in [2.45, 2.75) is 26.3 Å². The van der Waals surface area contributed by atoms with E-state index in [0.717, 1.165) is 12.3 Å². The Kier molecular flexibility index (Phi) is 6.81. The minimum absolute atomic E-state index is 0.0845. The van der Waals surface area contributed by atoms with Crippen molar-refractivity contribution >= 4 is 12.4 Å². The number of benzene rings is 1. The Morgan fingerprint density at radius 1 is 1.25 bits per heavy atom. The topological polar surface area (TPSA) is 104 Å². The van der Waals surface area contributed by atoms with Crippen molar-refractivity contribution in [3.8, 4) is 22.6 Å². The molecular weight excluding hydrogens is 429 g/mol.